The van der Waals surface area contributed by atoms with E-state index < -0.39 is 0 Å². The van der Waals surface area contributed by atoms with Crippen LogP contribution < -0.4 is 5.32 Å². The van der Waals surface area contributed by atoms with Crippen LogP contribution in [0.4, 0.5) is 0 Å². The number of terminal acetylenes is 1. The van der Waals surface area contributed by atoms with Gasteiger partial charge in [0.2, 0.25) is 0 Å². The maximum atomic E-state index is 11.9. The Kier molecular flexibility index (Phi) is 5.10. The number of benzene rings is 1. The monoisotopic (exact) mass is 347 g/mol. The van der Waals surface area contributed by atoms with Gasteiger partial charge in [-0.15, -0.1) is 12.3 Å². The average molecular weight is 348 g/mol. The molecule has 4 heteroatoms. The summed E-state index contributed by atoms with van der Waals surface area (Å²) < 4.78 is 0.868. The lowest BCUT2D eigenvalue weighted by Crippen LogP contribution is -2.32. The van der Waals surface area contributed by atoms with Crippen LogP contribution in [0.15, 0.2) is 18.2 Å². The molecule has 1 aromatic carbocycles. The van der Waals surface area contributed by atoms with Gasteiger partial charge < -0.3 is 5.32 Å². The molecule has 0 spiro atoms. The molecule has 1 atom stereocenters. The SMILES string of the molecule is C#CCC(C)NC(=O)c1cc(Cl)ccc1I. The van der Waals surface area contributed by atoms with Crippen molar-refractivity contribution in [2.75, 3.05) is 0 Å². The largest absolute Gasteiger partial charge is 0.349 e. The Bertz CT molecular complexity index is 439. The standard InChI is InChI=1S/C12H11ClINO/c1-3-4-8(2)15-12(16)10-7-9(13)5-6-11(10)14/h1,5-8H,4H2,2H3,(H,15,16). The molecule has 0 aliphatic carbocycles. The first-order valence-corrected chi connectivity index (χ1v) is 6.19. The van der Waals surface area contributed by atoms with E-state index in [9.17, 15) is 4.79 Å². The molecule has 0 heterocycles. The van der Waals surface area contributed by atoms with Gasteiger partial charge in [-0.1, -0.05) is 11.6 Å². The van der Waals surface area contributed by atoms with Crippen molar-refractivity contribution < 1.29 is 4.79 Å². The zero-order valence-corrected chi connectivity index (χ0v) is 11.7. The van der Waals surface area contributed by atoms with Crippen LogP contribution in [-0.2, 0) is 0 Å². The summed E-state index contributed by atoms with van der Waals surface area (Å²) >= 11 is 7.94. The van der Waals surface area contributed by atoms with Crippen LogP contribution in [0.3, 0.4) is 0 Å². The van der Waals surface area contributed by atoms with Crippen LogP contribution in [0.25, 0.3) is 0 Å². The van der Waals surface area contributed by atoms with Gasteiger partial charge >= 0.3 is 0 Å². The smallest absolute Gasteiger partial charge is 0.252 e. The van der Waals surface area contributed by atoms with Gasteiger partial charge in [0.05, 0.1) is 5.56 Å². The molecular weight excluding hydrogens is 336 g/mol. The second kappa shape index (κ2) is 6.12. The fraction of sp³-hybridized carbons (Fsp3) is 0.250. The maximum Gasteiger partial charge on any atom is 0.252 e. The van der Waals surface area contributed by atoms with Crippen LogP contribution in [0, 0.1) is 15.9 Å². The molecule has 0 saturated heterocycles. The first-order valence-electron chi connectivity index (χ1n) is 4.74. The number of nitrogens with one attached hydrogen (secondary N) is 1. The van der Waals surface area contributed by atoms with Gasteiger partial charge in [0.15, 0.2) is 0 Å². The minimum Gasteiger partial charge on any atom is -0.349 e. The summed E-state index contributed by atoms with van der Waals surface area (Å²) in [5, 5.41) is 3.37. The summed E-state index contributed by atoms with van der Waals surface area (Å²) in [5.41, 5.74) is 0.581. The number of carbonyl (C=O) groups excluding carboxylic acids is 1. The Morgan fingerprint density at radius 1 is 1.69 bits per heavy atom. The fourth-order valence-corrected chi connectivity index (χ4v) is 1.95. The number of amides is 1. The molecular formula is C12H11ClINO. The van der Waals surface area contributed by atoms with E-state index in [0.717, 1.165) is 3.57 Å². The summed E-state index contributed by atoms with van der Waals surface area (Å²) in [6.45, 7) is 1.87. The van der Waals surface area contributed by atoms with Crippen LogP contribution in [0.5, 0.6) is 0 Å². The van der Waals surface area contributed by atoms with Crippen molar-refractivity contribution in [2.24, 2.45) is 0 Å². The van der Waals surface area contributed by atoms with Crippen molar-refractivity contribution >= 4 is 40.1 Å². The van der Waals surface area contributed by atoms with E-state index in [1.54, 1.807) is 12.1 Å². The third kappa shape index (κ3) is 3.69. The predicted octanol–water partition coefficient (Wildman–Crippen LogP) is 3.09. The molecule has 0 aliphatic rings. The Hall–Kier alpha value is -0.730. The molecule has 0 aromatic heterocycles. The Labute approximate surface area is 114 Å². The Balaban J connectivity index is 2.81. The van der Waals surface area contributed by atoms with Crippen LogP contribution in [0.1, 0.15) is 23.7 Å². The lowest BCUT2D eigenvalue weighted by molar-refractivity contribution is 0.0940. The van der Waals surface area contributed by atoms with Crippen LogP contribution >= 0.6 is 34.2 Å². The maximum absolute atomic E-state index is 11.9. The summed E-state index contributed by atoms with van der Waals surface area (Å²) in [5.74, 6) is 2.36. The highest BCUT2D eigenvalue weighted by atomic mass is 127. The van der Waals surface area contributed by atoms with Gasteiger partial charge in [-0.2, -0.15) is 0 Å². The third-order valence-electron chi connectivity index (χ3n) is 1.97. The molecule has 0 aliphatic heterocycles. The highest BCUT2D eigenvalue weighted by molar-refractivity contribution is 14.1. The second-order valence-electron chi connectivity index (χ2n) is 3.41. The first kappa shape index (κ1) is 13.3. The molecule has 0 bridgehead atoms. The molecule has 84 valence electrons. The van der Waals surface area contributed by atoms with Gasteiger partial charge in [-0.05, 0) is 47.7 Å². The predicted molar refractivity (Wildman–Crippen MR) is 74.5 cm³/mol. The van der Waals surface area contributed by atoms with Gasteiger partial charge in [0, 0.05) is 21.1 Å². The average Bonchev–Trinajstić information content (AvgIpc) is 2.21. The topological polar surface area (TPSA) is 29.1 Å². The van der Waals surface area contributed by atoms with Crippen molar-refractivity contribution in [3.8, 4) is 12.3 Å². The summed E-state index contributed by atoms with van der Waals surface area (Å²) in [4.78, 5) is 11.9. The van der Waals surface area contributed by atoms with Crippen molar-refractivity contribution in [2.45, 2.75) is 19.4 Å². The molecule has 1 unspecified atom stereocenters. The first-order chi connectivity index (χ1) is 7.54. The number of rotatable bonds is 3. The van der Waals surface area contributed by atoms with Gasteiger partial charge in [-0.25, -0.2) is 0 Å². The highest BCUT2D eigenvalue weighted by Gasteiger charge is 2.12. The van der Waals surface area contributed by atoms with Gasteiger partial charge in [0.25, 0.3) is 5.91 Å². The van der Waals surface area contributed by atoms with E-state index in [4.69, 9.17) is 18.0 Å². The van der Waals surface area contributed by atoms with Crippen LogP contribution in [-0.4, -0.2) is 11.9 Å². The molecule has 1 N–H and O–H groups in total. The number of hydrogen-bond donors (Lipinski definition) is 1. The van der Waals surface area contributed by atoms with E-state index in [1.807, 2.05) is 13.0 Å². The van der Waals surface area contributed by atoms with E-state index >= 15 is 0 Å². The lowest BCUT2D eigenvalue weighted by Gasteiger charge is -2.12. The van der Waals surface area contributed by atoms with E-state index in [0.29, 0.717) is 17.0 Å². The summed E-state index contributed by atoms with van der Waals surface area (Å²) in [7, 11) is 0. The normalized spacial score (nSPS) is 11.6. The minimum absolute atomic E-state index is 0.0349. The molecule has 0 fully saturated rings. The molecule has 16 heavy (non-hydrogen) atoms. The van der Waals surface area contributed by atoms with E-state index in [-0.39, 0.29) is 11.9 Å². The number of hydrogen-bond acceptors (Lipinski definition) is 1. The second-order valence-corrected chi connectivity index (χ2v) is 5.01. The molecule has 0 radical (unpaired) electrons. The van der Waals surface area contributed by atoms with Crippen molar-refractivity contribution in [1.29, 1.82) is 0 Å². The lowest BCUT2D eigenvalue weighted by atomic mass is 10.2. The fourth-order valence-electron chi connectivity index (χ4n) is 1.20. The van der Waals surface area contributed by atoms with Crippen molar-refractivity contribution in [3.63, 3.8) is 0 Å². The zero-order chi connectivity index (χ0) is 12.1. The number of carbonyl (C=O) groups is 1. The van der Waals surface area contributed by atoms with E-state index in [1.165, 1.54) is 0 Å². The summed E-state index contributed by atoms with van der Waals surface area (Å²) in [6.07, 6.45) is 5.69. The zero-order valence-electron chi connectivity index (χ0n) is 8.76. The molecule has 0 saturated carbocycles. The highest BCUT2D eigenvalue weighted by Crippen LogP contribution is 2.17. The third-order valence-corrected chi connectivity index (χ3v) is 3.15. The van der Waals surface area contributed by atoms with E-state index in [2.05, 4.69) is 33.8 Å². The van der Waals surface area contributed by atoms with Crippen LogP contribution in [0.2, 0.25) is 5.02 Å². The molecule has 1 amide bonds. The Morgan fingerprint density at radius 2 is 2.38 bits per heavy atom. The van der Waals surface area contributed by atoms with Gasteiger partial charge in [0.1, 0.15) is 0 Å². The quantitative estimate of drug-likeness (QED) is 0.661. The van der Waals surface area contributed by atoms with Gasteiger partial charge in [-0.3, -0.25) is 4.79 Å². The molecule has 1 rings (SSSR count). The Morgan fingerprint density at radius 3 is 3.00 bits per heavy atom. The summed E-state index contributed by atoms with van der Waals surface area (Å²) in [6, 6.07) is 5.18. The molecule has 1 aromatic rings. The van der Waals surface area contributed by atoms with Crippen molar-refractivity contribution in [3.05, 3.63) is 32.4 Å². The van der Waals surface area contributed by atoms with Crippen molar-refractivity contribution in [1.82, 2.24) is 5.32 Å². The molecule has 2 nitrogen and oxygen atoms in total. The minimum atomic E-state index is -0.144. The number of halogens is 2.